The van der Waals surface area contributed by atoms with Crippen molar-refractivity contribution in [2.24, 2.45) is 0 Å². The minimum atomic E-state index is -0.146. The Hall–Kier alpha value is -3.67. The summed E-state index contributed by atoms with van der Waals surface area (Å²) in [6.45, 7) is 2.51. The summed E-state index contributed by atoms with van der Waals surface area (Å²) in [6.07, 6.45) is 5.46. The lowest BCUT2D eigenvalue weighted by Gasteiger charge is -2.11. The van der Waals surface area contributed by atoms with Crippen LogP contribution < -0.4 is 10.1 Å². The van der Waals surface area contributed by atoms with Crippen molar-refractivity contribution in [2.75, 3.05) is 6.54 Å². The Morgan fingerprint density at radius 2 is 1.90 bits per heavy atom. The summed E-state index contributed by atoms with van der Waals surface area (Å²) < 4.78 is 7.66. The van der Waals surface area contributed by atoms with Crippen molar-refractivity contribution in [1.82, 2.24) is 19.9 Å². The molecule has 0 bridgehead atoms. The van der Waals surface area contributed by atoms with E-state index >= 15 is 0 Å². The van der Waals surface area contributed by atoms with Crippen LogP contribution in [0.4, 0.5) is 0 Å². The number of hydrogen-bond donors (Lipinski definition) is 1. The van der Waals surface area contributed by atoms with Gasteiger partial charge in [0.15, 0.2) is 5.65 Å². The Bertz CT molecular complexity index is 1120. The second-order valence-electron chi connectivity index (χ2n) is 6.82. The van der Waals surface area contributed by atoms with Crippen LogP contribution in [-0.2, 0) is 6.42 Å². The highest BCUT2D eigenvalue weighted by Crippen LogP contribution is 2.24. The van der Waals surface area contributed by atoms with Crippen molar-refractivity contribution in [3.05, 3.63) is 89.9 Å². The minimum Gasteiger partial charge on any atom is -0.457 e. The van der Waals surface area contributed by atoms with Crippen molar-refractivity contribution in [2.45, 2.75) is 19.8 Å². The van der Waals surface area contributed by atoms with E-state index < -0.39 is 0 Å². The van der Waals surface area contributed by atoms with Crippen LogP contribution in [-0.4, -0.2) is 27.0 Å². The molecule has 0 aliphatic rings. The minimum absolute atomic E-state index is 0.146. The lowest BCUT2D eigenvalue weighted by atomic mass is 10.1. The SMILES string of the molecule is Cc1cc2ncc(CCCNC(=O)c3ccccc3Oc3ccccc3)cn2n1. The number of nitrogens with zero attached hydrogens (tertiary/aromatic N) is 3. The standard InChI is InChI=1S/C23H22N4O2/c1-17-14-22-25-15-18(16-27(22)26-17)8-7-13-24-23(28)20-11-5-6-12-21(20)29-19-9-3-2-4-10-19/h2-6,9-12,14-16H,7-8,13H2,1H3,(H,24,28). The maximum absolute atomic E-state index is 12.6. The average molecular weight is 386 g/mol. The molecule has 4 rings (SSSR count). The molecular weight excluding hydrogens is 364 g/mol. The van der Waals surface area contributed by atoms with E-state index in [1.54, 1.807) is 16.6 Å². The van der Waals surface area contributed by atoms with Gasteiger partial charge in [0.05, 0.1) is 11.3 Å². The van der Waals surface area contributed by atoms with E-state index in [2.05, 4.69) is 15.4 Å². The van der Waals surface area contributed by atoms with Gasteiger partial charge in [0.2, 0.25) is 0 Å². The predicted molar refractivity (Wildman–Crippen MR) is 111 cm³/mol. The fraction of sp³-hybridized carbons (Fsp3) is 0.174. The lowest BCUT2D eigenvalue weighted by molar-refractivity contribution is 0.0951. The van der Waals surface area contributed by atoms with Crippen LogP contribution in [0.2, 0.25) is 0 Å². The molecule has 2 heterocycles. The first-order valence-electron chi connectivity index (χ1n) is 9.60. The first-order valence-corrected chi connectivity index (χ1v) is 9.60. The number of carbonyl (C=O) groups excluding carboxylic acids is 1. The fourth-order valence-corrected chi connectivity index (χ4v) is 3.11. The number of benzene rings is 2. The first-order chi connectivity index (χ1) is 14.2. The second kappa shape index (κ2) is 8.56. The van der Waals surface area contributed by atoms with Crippen molar-refractivity contribution in [3.63, 3.8) is 0 Å². The number of para-hydroxylation sites is 2. The monoisotopic (exact) mass is 386 g/mol. The maximum atomic E-state index is 12.6. The molecule has 146 valence electrons. The zero-order valence-electron chi connectivity index (χ0n) is 16.2. The molecule has 6 heteroatoms. The molecule has 0 saturated carbocycles. The van der Waals surface area contributed by atoms with Crippen LogP contribution in [0.1, 0.15) is 28.0 Å². The molecule has 6 nitrogen and oxygen atoms in total. The Balaban J connectivity index is 1.33. The van der Waals surface area contributed by atoms with Gasteiger partial charge in [-0.05, 0) is 49.6 Å². The van der Waals surface area contributed by atoms with Crippen molar-refractivity contribution >= 4 is 11.6 Å². The van der Waals surface area contributed by atoms with Gasteiger partial charge in [-0.2, -0.15) is 5.10 Å². The Morgan fingerprint density at radius 1 is 1.10 bits per heavy atom. The highest BCUT2D eigenvalue weighted by atomic mass is 16.5. The number of rotatable bonds is 7. The maximum Gasteiger partial charge on any atom is 0.255 e. The van der Waals surface area contributed by atoms with Crippen LogP contribution in [0.15, 0.2) is 73.1 Å². The highest BCUT2D eigenvalue weighted by molar-refractivity contribution is 5.97. The predicted octanol–water partition coefficient (Wildman–Crippen LogP) is 4.19. The van der Waals surface area contributed by atoms with E-state index in [0.717, 1.165) is 29.7 Å². The van der Waals surface area contributed by atoms with Gasteiger partial charge in [0.1, 0.15) is 11.5 Å². The third kappa shape index (κ3) is 4.60. The number of fused-ring (bicyclic) bond motifs is 1. The molecule has 0 unspecified atom stereocenters. The molecule has 1 amide bonds. The molecular formula is C23H22N4O2. The second-order valence-corrected chi connectivity index (χ2v) is 6.82. The quantitative estimate of drug-likeness (QED) is 0.484. The molecule has 0 radical (unpaired) electrons. The van der Waals surface area contributed by atoms with E-state index in [1.165, 1.54) is 0 Å². The molecule has 2 aromatic carbocycles. The Labute approximate surface area is 169 Å². The third-order valence-corrected chi connectivity index (χ3v) is 4.52. The summed E-state index contributed by atoms with van der Waals surface area (Å²) in [7, 11) is 0. The molecule has 0 fully saturated rings. The van der Waals surface area contributed by atoms with Gasteiger partial charge in [-0.1, -0.05) is 30.3 Å². The van der Waals surface area contributed by atoms with E-state index in [-0.39, 0.29) is 5.91 Å². The highest BCUT2D eigenvalue weighted by Gasteiger charge is 2.12. The van der Waals surface area contributed by atoms with E-state index in [9.17, 15) is 4.79 Å². The summed E-state index contributed by atoms with van der Waals surface area (Å²) >= 11 is 0. The molecule has 4 aromatic rings. The van der Waals surface area contributed by atoms with E-state index in [1.807, 2.05) is 67.8 Å². The van der Waals surface area contributed by atoms with Crippen molar-refractivity contribution < 1.29 is 9.53 Å². The van der Waals surface area contributed by atoms with Gasteiger partial charge in [-0.3, -0.25) is 4.79 Å². The normalized spacial score (nSPS) is 10.8. The number of carbonyl (C=O) groups is 1. The van der Waals surface area contributed by atoms with Crippen LogP contribution in [0.3, 0.4) is 0 Å². The summed E-state index contributed by atoms with van der Waals surface area (Å²) in [5.41, 5.74) is 3.39. The topological polar surface area (TPSA) is 68.5 Å². The van der Waals surface area contributed by atoms with Gasteiger partial charge < -0.3 is 10.1 Å². The van der Waals surface area contributed by atoms with Gasteiger partial charge in [-0.25, -0.2) is 9.50 Å². The first kappa shape index (κ1) is 18.7. The smallest absolute Gasteiger partial charge is 0.255 e. The molecule has 0 atom stereocenters. The van der Waals surface area contributed by atoms with Gasteiger partial charge in [-0.15, -0.1) is 0 Å². The summed E-state index contributed by atoms with van der Waals surface area (Å²) in [6, 6.07) is 18.6. The average Bonchev–Trinajstić information content (AvgIpc) is 3.11. The summed E-state index contributed by atoms with van der Waals surface area (Å²) in [5.74, 6) is 1.09. The van der Waals surface area contributed by atoms with Crippen LogP contribution >= 0.6 is 0 Å². The van der Waals surface area contributed by atoms with Gasteiger partial charge in [0, 0.05) is 25.0 Å². The summed E-state index contributed by atoms with van der Waals surface area (Å²) in [5, 5.41) is 7.36. The molecule has 29 heavy (non-hydrogen) atoms. The molecule has 0 saturated heterocycles. The number of amides is 1. The lowest BCUT2D eigenvalue weighted by Crippen LogP contribution is -2.25. The Kier molecular flexibility index (Phi) is 5.52. The van der Waals surface area contributed by atoms with Gasteiger partial charge >= 0.3 is 0 Å². The number of aryl methyl sites for hydroxylation is 2. The fourth-order valence-electron chi connectivity index (χ4n) is 3.11. The Morgan fingerprint density at radius 3 is 2.76 bits per heavy atom. The molecule has 1 N–H and O–H groups in total. The zero-order valence-corrected chi connectivity index (χ0v) is 16.2. The molecule has 0 aliphatic carbocycles. The molecule has 2 aromatic heterocycles. The number of hydrogen-bond acceptors (Lipinski definition) is 4. The number of nitrogens with one attached hydrogen (secondary N) is 1. The number of ether oxygens (including phenoxy) is 1. The van der Waals surface area contributed by atoms with E-state index in [4.69, 9.17) is 4.74 Å². The van der Waals surface area contributed by atoms with E-state index in [0.29, 0.717) is 23.6 Å². The van der Waals surface area contributed by atoms with Crippen molar-refractivity contribution in [3.8, 4) is 11.5 Å². The molecule has 0 spiro atoms. The van der Waals surface area contributed by atoms with Gasteiger partial charge in [0.25, 0.3) is 5.91 Å². The zero-order chi connectivity index (χ0) is 20.1. The molecule has 0 aliphatic heterocycles. The number of aromatic nitrogens is 3. The van der Waals surface area contributed by atoms with Crippen LogP contribution in [0.5, 0.6) is 11.5 Å². The third-order valence-electron chi connectivity index (χ3n) is 4.52. The largest absolute Gasteiger partial charge is 0.457 e. The van der Waals surface area contributed by atoms with Crippen molar-refractivity contribution in [1.29, 1.82) is 0 Å². The van der Waals surface area contributed by atoms with Crippen LogP contribution in [0, 0.1) is 6.92 Å². The van der Waals surface area contributed by atoms with Crippen LogP contribution in [0.25, 0.3) is 5.65 Å². The summed E-state index contributed by atoms with van der Waals surface area (Å²) in [4.78, 5) is 17.0.